The van der Waals surface area contributed by atoms with Crippen LogP contribution in [0.5, 0.6) is 0 Å². The van der Waals surface area contributed by atoms with Crippen LogP contribution in [0.3, 0.4) is 0 Å². The highest BCUT2D eigenvalue weighted by molar-refractivity contribution is 5.89. The number of amides is 2. The minimum absolute atomic E-state index is 0.784. The second-order valence-corrected chi connectivity index (χ2v) is 6.87. The van der Waals surface area contributed by atoms with Gasteiger partial charge >= 0.3 is 5.97 Å². The van der Waals surface area contributed by atoms with Crippen LogP contribution in [-0.4, -0.2) is 98.4 Å². The molecule has 1 rings (SSSR count). The molecule has 0 bridgehead atoms. The summed E-state index contributed by atoms with van der Waals surface area (Å²) in [6.45, 7) is 1.56. The summed E-state index contributed by atoms with van der Waals surface area (Å²) < 4.78 is 33.6. The first-order valence-corrected chi connectivity index (χ1v) is 8.82. The van der Waals surface area contributed by atoms with Gasteiger partial charge in [0.15, 0.2) is 0 Å². The van der Waals surface area contributed by atoms with Crippen molar-refractivity contribution in [1.29, 1.82) is 0 Å². The van der Waals surface area contributed by atoms with E-state index >= 15 is 0 Å². The lowest BCUT2D eigenvalue weighted by molar-refractivity contribution is -0.281. The van der Waals surface area contributed by atoms with Crippen LogP contribution in [0.25, 0.3) is 0 Å². The molecule has 1 heterocycles. The Morgan fingerprint density at radius 1 is 1.03 bits per heavy atom. The van der Waals surface area contributed by atoms with Crippen molar-refractivity contribution in [2.24, 2.45) is 0 Å². The van der Waals surface area contributed by atoms with Crippen molar-refractivity contribution in [3.05, 3.63) is 0 Å². The molecule has 1 saturated heterocycles. The quantitative estimate of drug-likeness (QED) is 0.206. The van der Waals surface area contributed by atoms with E-state index in [9.17, 15) is 38.5 Å². The summed E-state index contributed by atoms with van der Waals surface area (Å²) in [4.78, 5) is 34.3. The number of alkyl halides is 2. The normalized spacial score (nSPS) is 29.6. The van der Waals surface area contributed by atoms with Crippen molar-refractivity contribution in [1.82, 2.24) is 10.6 Å². The number of ether oxygens (including phenoxy) is 1. The number of carbonyl (C=O) groups excluding carboxylic acids is 2. The van der Waals surface area contributed by atoms with Gasteiger partial charge in [0.25, 0.3) is 5.92 Å². The summed E-state index contributed by atoms with van der Waals surface area (Å²) in [7, 11) is 0. The van der Waals surface area contributed by atoms with Gasteiger partial charge in [0.05, 0.1) is 6.61 Å². The molecule has 7 N–H and O–H groups in total. The van der Waals surface area contributed by atoms with Gasteiger partial charge in [-0.15, -0.1) is 0 Å². The number of hydrogen-bond donors (Lipinski definition) is 7. The molecule has 1 aliphatic rings. The van der Waals surface area contributed by atoms with Gasteiger partial charge in [-0.05, 0) is 13.8 Å². The van der Waals surface area contributed by atoms with Crippen LogP contribution in [0.2, 0.25) is 0 Å². The predicted molar refractivity (Wildman–Crippen MR) is 90.8 cm³/mol. The van der Waals surface area contributed by atoms with Gasteiger partial charge in [-0.25, -0.2) is 8.78 Å². The fraction of sp³-hybridized carbons (Fsp3) is 0.812. The van der Waals surface area contributed by atoms with E-state index in [0.29, 0.717) is 0 Å². The van der Waals surface area contributed by atoms with Gasteiger partial charge in [0, 0.05) is 12.8 Å². The minimum atomic E-state index is -3.81. The van der Waals surface area contributed by atoms with Crippen molar-refractivity contribution in [2.75, 3.05) is 6.61 Å². The standard InChI is InChI=1S/C16H26F2N2O9/c1-6(14(26)20-7(2)15(27)28)19-9(22)3-4-16(17,18)13-12(25)11(24)10(23)8(5-21)29-13/h6-8,10-13,21,23-25H,3-5H2,1-2H3,(H,19,22)(H,20,26)(H,27,28). The average Bonchev–Trinajstić information content (AvgIpc) is 2.64. The largest absolute Gasteiger partial charge is 0.480 e. The van der Waals surface area contributed by atoms with Crippen molar-refractivity contribution in [3.8, 4) is 0 Å². The molecule has 1 fully saturated rings. The number of aliphatic carboxylic acids is 1. The van der Waals surface area contributed by atoms with E-state index in [1.165, 1.54) is 13.8 Å². The molecular formula is C16H26F2N2O9. The maximum absolute atomic E-state index is 14.4. The first-order valence-electron chi connectivity index (χ1n) is 8.82. The molecule has 11 nitrogen and oxygen atoms in total. The highest BCUT2D eigenvalue weighted by Gasteiger charge is 2.54. The molecule has 7 unspecified atom stereocenters. The number of carboxylic acid groups (broad SMARTS) is 1. The zero-order chi connectivity index (χ0) is 22.5. The molecule has 0 aromatic carbocycles. The first kappa shape index (κ1) is 25.1. The van der Waals surface area contributed by atoms with Crippen LogP contribution < -0.4 is 10.6 Å². The molecule has 168 valence electrons. The lowest BCUT2D eigenvalue weighted by Gasteiger charge is -2.42. The zero-order valence-electron chi connectivity index (χ0n) is 15.8. The SMILES string of the molecule is CC(NC(=O)C(C)NC(=O)CCC(F)(F)C1OC(CO)C(O)C(O)C1O)C(=O)O. The third kappa shape index (κ3) is 6.54. The number of hydrogen-bond acceptors (Lipinski definition) is 8. The summed E-state index contributed by atoms with van der Waals surface area (Å²) in [5.41, 5.74) is 0. The molecule has 13 heteroatoms. The Morgan fingerprint density at radius 2 is 1.62 bits per heavy atom. The second kappa shape index (κ2) is 10.2. The number of carbonyl (C=O) groups is 3. The number of aliphatic hydroxyl groups is 4. The summed E-state index contributed by atoms with van der Waals surface area (Å²) in [6, 6.07) is -2.40. The molecule has 0 saturated carbocycles. The minimum Gasteiger partial charge on any atom is -0.480 e. The number of aliphatic hydroxyl groups excluding tert-OH is 4. The van der Waals surface area contributed by atoms with Gasteiger partial charge in [-0.1, -0.05) is 0 Å². The lowest BCUT2D eigenvalue weighted by Crippen LogP contribution is -2.63. The second-order valence-electron chi connectivity index (χ2n) is 6.87. The van der Waals surface area contributed by atoms with Crippen LogP contribution in [-0.2, 0) is 19.1 Å². The van der Waals surface area contributed by atoms with Gasteiger partial charge in [-0.2, -0.15) is 0 Å². The van der Waals surface area contributed by atoms with E-state index < -0.39 is 85.8 Å². The number of carboxylic acids is 1. The molecule has 29 heavy (non-hydrogen) atoms. The molecule has 0 spiro atoms. The van der Waals surface area contributed by atoms with Crippen molar-refractivity contribution < 1.29 is 53.4 Å². The third-order valence-electron chi connectivity index (χ3n) is 4.49. The topological polar surface area (TPSA) is 186 Å². The molecule has 0 aromatic heterocycles. The Labute approximate surface area is 164 Å². The van der Waals surface area contributed by atoms with Crippen LogP contribution >= 0.6 is 0 Å². The Balaban J connectivity index is 2.63. The maximum Gasteiger partial charge on any atom is 0.325 e. The van der Waals surface area contributed by atoms with Crippen LogP contribution in [0.15, 0.2) is 0 Å². The van der Waals surface area contributed by atoms with Gasteiger partial charge in [0.1, 0.15) is 42.6 Å². The maximum atomic E-state index is 14.4. The van der Waals surface area contributed by atoms with Gasteiger partial charge in [-0.3, -0.25) is 14.4 Å². The van der Waals surface area contributed by atoms with E-state index in [0.717, 1.165) is 0 Å². The molecule has 1 aliphatic heterocycles. The summed E-state index contributed by atoms with van der Waals surface area (Å²) >= 11 is 0. The van der Waals surface area contributed by atoms with Crippen LogP contribution in [0.1, 0.15) is 26.7 Å². The van der Waals surface area contributed by atoms with Crippen LogP contribution in [0, 0.1) is 0 Å². The van der Waals surface area contributed by atoms with E-state index in [4.69, 9.17) is 14.9 Å². The summed E-state index contributed by atoms with van der Waals surface area (Å²) in [5.74, 6) is -6.88. The Bertz CT molecular complexity index is 605. The fourth-order valence-electron chi connectivity index (χ4n) is 2.65. The van der Waals surface area contributed by atoms with Crippen molar-refractivity contribution in [3.63, 3.8) is 0 Å². The lowest BCUT2D eigenvalue weighted by atomic mass is 9.90. The molecular weight excluding hydrogens is 402 g/mol. The van der Waals surface area contributed by atoms with E-state index in [-0.39, 0.29) is 0 Å². The van der Waals surface area contributed by atoms with Crippen LogP contribution in [0.4, 0.5) is 8.78 Å². The summed E-state index contributed by atoms with van der Waals surface area (Å²) in [5, 5.41) is 51.0. The van der Waals surface area contributed by atoms with E-state index in [2.05, 4.69) is 10.6 Å². The smallest absolute Gasteiger partial charge is 0.325 e. The highest BCUT2D eigenvalue weighted by atomic mass is 19.3. The average molecular weight is 428 g/mol. The van der Waals surface area contributed by atoms with Crippen molar-refractivity contribution in [2.45, 2.75) is 75.2 Å². The summed E-state index contributed by atoms with van der Waals surface area (Å²) in [6.07, 6.45) is -11.6. The van der Waals surface area contributed by atoms with E-state index in [1.807, 2.05) is 0 Å². The Hall–Kier alpha value is -1.93. The van der Waals surface area contributed by atoms with E-state index in [1.54, 1.807) is 0 Å². The zero-order valence-corrected chi connectivity index (χ0v) is 15.8. The fourth-order valence-corrected chi connectivity index (χ4v) is 2.65. The number of rotatable bonds is 9. The first-order chi connectivity index (χ1) is 13.3. The predicted octanol–water partition coefficient (Wildman–Crippen LogP) is -2.66. The number of halogens is 2. The molecule has 7 atom stereocenters. The Morgan fingerprint density at radius 3 is 2.14 bits per heavy atom. The van der Waals surface area contributed by atoms with Crippen molar-refractivity contribution >= 4 is 17.8 Å². The Kier molecular flexibility index (Phi) is 8.84. The third-order valence-corrected chi connectivity index (χ3v) is 4.49. The monoisotopic (exact) mass is 428 g/mol. The number of nitrogens with one attached hydrogen (secondary N) is 2. The molecule has 0 aliphatic carbocycles. The molecule has 0 aromatic rings. The molecule has 2 amide bonds. The van der Waals surface area contributed by atoms with Gasteiger partial charge in [0.2, 0.25) is 11.8 Å². The molecule has 0 radical (unpaired) electrons. The van der Waals surface area contributed by atoms with Gasteiger partial charge < -0.3 is 40.9 Å². The highest BCUT2D eigenvalue weighted by Crippen LogP contribution is 2.35.